The van der Waals surface area contributed by atoms with Gasteiger partial charge in [-0.25, -0.2) is 0 Å². The van der Waals surface area contributed by atoms with Crippen LogP contribution >= 0.6 is 15.9 Å². The van der Waals surface area contributed by atoms with Crippen LogP contribution in [0.15, 0.2) is 40.9 Å². The lowest BCUT2D eigenvalue weighted by molar-refractivity contribution is 1.04. The van der Waals surface area contributed by atoms with Gasteiger partial charge in [0.15, 0.2) is 0 Å². The molecule has 0 aliphatic heterocycles. The maximum Gasteiger partial charge on any atom is 0.0805 e. The topological polar surface area (TPSA) is 24.9 Å². The second-order valence-electron chi connectivity index (χ2n) is 5.70. The van der Waals surface area contributed by atoms with E-state index in [1.54, 1.807) is 0 Å². The number of pyridine rings is 1. The molecule has 4 rings (SSSR count). The van der Waals surface area contributed by atoms with Gasteiger partial charge in [-0.1, -0.05) is 40.2 Å². The minimum atomic E-state index is 0.661. The van der Waals surface area contributed by atoms with E-state index in [4.69, 9.17) is 4.98 Å². The van der Waals surface area contributed by atoms with Gasteiger partial charge in [-0.3, -0.25) is 4.98 Å². The van der Waals surface area contributed by atoms with E-state index >= 15 is 0 Å². The molecule has 1 aliphatic rings. The second kappa shape index (κ2) is 4.99. The SMILES string of the molecule is CCNc1cc(C2CC2)nc2c1cc(Br)c1ccccc12. The zero-order valence-corrected chi connectivity index (χ0v) is 13.6. The van der Waals surface area contributed by atoms with Crippen LogP contribution in [0.3, 0.4) is 0 Å². The van der Waals surface area contributed by atoms with Crippen molar-refractivity contribution in [1.82, 2.24) is 4.98 Å². The van der Waals surface area contributed by atoms with Gasteiger partial charge < -0.3 is 5.32 Å². The molecule has 0 unspecified atom stereocenters. The van der Waals surface area contributed by atoms with Crippen molar-refractivity contribution in [3.63, 3.8) is 0 Å². The monoisotopic (exact) mass is 340 g/mol. The van der Waals surface area contributed by atoms with Gasteiger partial charge in [0, 0.05) is 39.1 Å². The molecule has 3 heteroatoms. The fourth-order valence-corrected chi connectivity index (χ4v) is 3.53. The largest absolute Gasteiger partial charge is 0.385 e. The third kappa shape index (κ3) is 2.20. The van der Waals surface area contributed by atoms with Crippen LogP contribution in [0, 0.1) is 0 Å². The molecule has 21 heavy (non-hydrogen) atoms. The lowest BCUT2D eigenvalue weighted by Crippen LogP contribution is -2.00. The first-order valence-corrected chi connectivity index (χ1v) is 8.33. The van der Waals surface area contributed by atoms with Crippen LogP contribution in [0.1, 0.15) is 31.4 Å². The maximum absolute atomic E-state index is 4.99. The molecule has 0 saturated heterocycles. The van der Waals surface area contributed by atoms with E-state index in [-0.39, 0.29) is 0 Å². The molecule has 1 heterocycles. The van der Waals surface area contributed by atoms with E-state index in [2.05, 4.69) is 64.6 Å². The number of benzene rings is 2. The standard InChI is InChI=1S/C18H17BrN2/c1-2-20-17-10-16(11-7-8-11)21-18-13-6-4-3-5-12(13)15(19)9-14(17)18/h3-6,9-11H,2,7-8H2,1H3,(H,20,21). The fourth-order valence-electron chi connectivity index (χ4n) is 2.95. The summed E-state index contributed by atoms with van der Waals surface area (Å²) in [6, 6.07) is 12.9. The molecule has 1 N–H and O–H groups in total. The number of hydrogen-bond acceptors (Lipinski definition) is 2. The van der Waals surface area contributed by atoms with Gasteiger partial charge in [0.25, 0.3) is 0 Å². The van der Waals surface area contributed by atoms with Crippen molar-refractivity contribution in [3.8, 4) is 0 Å². The van der Waals surface area contributed by atoms with Crippen molar-refractivity contribution >= 4 is 43.3 Å². The number of rotatable bonds is 3. The molecule has 0 bridgehead atoms. The van der Waals surface area contributed by atoms with Crippen LogP contribution in [-0.4, -0.2) is 11.5 Å². The Hall–Kier alpha value is -1.61. The van der Waals surface area contributed by atoms with Crippen molar-refractivity contribution in [1.29, 1.82) is 0 Å². The Labute approximate surface area is 132 Å². The van der Waals surface area contributed by atoms with Crippen LogP contribution in [0.25, 0.3) is 21.7 Å². The van der Waals surface area contributed by atoms with E-state index in [0.717, 1.165) is 16.5 Å². The van der Waals surface area contributed by atoms with Gasteiger partial charge >= 0.3 is 0 Å². The normalized spacial score (nSPS) is 14.8. The van der Waals surface area contributed by atoms with Crippen molar-refractivity contribution in [2.45, 2.75) is 25.7 Å². The highest BCUT2D eigenvalue weighted by Crippen LogP contribution is 2.42. The fraction of sp³-hybridized carbons (Fsp3) is 0.278. The molecular formula is C18H17BrN2. The third-order valence-electron chi connectivity index (χ3n) is 4.15. The third-order valence-corrected chi connectivity index (χ3v) is 4.81. The minimum Gasteiger partial charge on any atom is -0.385 e. The van der Waals surface area contributed by atoms with Crippen molar-refractivity contribution < 1.29 is 0 Å². The molecule has 0 spiro atoms. The summed E-state index contributed by atoms with van der Waals surface area (Å²) in [7, 11) is 0. The number of fused-ring (bicyclic) bond motifs is 3. The van der Waals surface area contributed by atoms with Gasteiger partial charge in [0.1, 0.15) is 0 Å². The Bertz CT molecular complexity index is 837. The zero-order chi connectivity index (χ0) is 14.4. The first-order valence-electron chi connectivity index (χ1n) is 7.53. The van der Waals surface area contributed by atoms with E-state index < -0.39 is 0 Å². The number of nitrogens with zero attached hydrogens (tertiary/aromatic N) is 1. The van der Waals surface area contributed by atoms with Crippen LogP contribution < -0.4 is 5.32 Å². The Kier molecular flexibility index (Phi) is 3.11. The average molecular weight is 341 g/mol. The first kappa shape index (κ1) is 13.1. The van der Waals surface area contributed by atoms with Crippen LogP contribution in [0.5, 0.6) is 0 Å². The van der Waals surface area contributed by atoms with Crippen LogP contribution in [-0.2, 0) is 0 Å². The summed E-state index contributed by atoms with van der Waals surface area (Å²) in [6.45, 7) is 3.06. The number of halogens is 1. The maximum atomic E-state index is 4.99. The molecule has 0 radical (unpaired) electrons. The predicted octanol–water partition coefficient (Wildman–Crippen LogP) is 5.46. The Morgan fingerprint density at radius 3 is 2.62 bits per heavy atom. The lowest BCUT2D eigenvalue weighted by Gasteiger charge is -2.13. The lowest BCUT2D eigenvalue weighted by atomic mass is 10.0. The van der Waals surface area contributed by atoms with E-state index in [1.807, 2.05) is 0 Å². The molecule has 0 atom stereocenters. The number of nitrogens with one attached hydrogen (secondary N) is 1. The molecule has 1 fully saturated rings. The Balaban J connectivity index is 2.11. The van der Waals surface area contributed by atoms with E-state index in [1.165, 1.54) is 40.4 Å². The molecular weight excluding hydrogens is 324 g/mol. The van der Waals surface area contributed by atoms with Crippen LogP contribution in [0.4, 0.5) is 5.69 Å². The highest BCUT2D eigenvalue weighted by atomic mass is 79.9. The number of aromatic nitrogens is 1. The first-order chi connectivity index (χ1) is 10.3. The van der Waals surface area contributed by atoms with Crippen LogP contribution in [0.2, 0.25) is 0 Å². The predicted molar refractivity (Wildman–Crippen MR) is 93.1 cm³/mol. The molecule has 1 aromatic heterocycles. The molecule has 0 amide bonds. The van der Waals surface area contributed by atoms with Gasteiger partial charge in [-0.05, 0) is 37.3 Å². The zero-order valence-electron chi connectivity index (χ0n) is 12.0. The van der Waals surface area contributed by atoms with E-state index in [9.17, 15) is 0 Å². The highest BCUT2D eigenvalue weighted by Gasteiger charge is 2.26. The Morgan fingerprint density at radius 1 is 1.14 bits per heavy atom. The number of hydrogen-bond donors (Lipinski definition) is 1. The van der Waals surface area contributed by atoms with Crippen molar-refractivity contribution in [2.75, 3.05) is 11.9 Å². The average Bonchev–Trinajstić information content (AvgIpc) is 3.33. The summed E-state index contributed by atoms with van der Waals surface area (Å²) in [6.07, 6.45) is 2.55. The molecule has 1 aliphatic carbocycles. The van der Waals surface area contributed by atoms with Gasteiger partial charge in [-0.15, -0.1) is 0 Å². The van der Waals surface area contributed by atoms with Crippen molar-refractivity contribution in [3.05, 3.63) is 46.6 Å². The summed E-state index contributed by atoms with van der Waals surface area (Å²) < 4.78 is 1.13. The van der Waals surface area contributed by atoms with Crippen molar-refractivity contribution in [2.24, 2.45) is 0 Å². The number of anilines is 1. The second-order valence-corrected chi connectivity index (χ2v) is 6.55. The summed E-state index contributed by atoms with van der Waals surface area (Å²) in [4.78, 5) is 4.99. The smallest absolute Gasteiger partial charge is 0.0805 e. The minimum absolute atomic E-state index is 0.661. The summed E-state index contributed by atoms with van der Waals surface area (Å²) >= 11 is 3.71. The molecule has 2 nitrogen and oxygen atoms in total. The molecule has 2 aromatic carbocycles. The summed E-state index contributed by atoms with van der Waals surface area (Å²) in [5, 5.41) is 7.16. The molecule has 3 aromatic rings. The van der Waals surface area contributed by atoms with Gasteiger partial charge in [0.05, 0.1) is 5.52 Å². The molecule has 106 valence electrons. The highest BCUT2D eigenvalue weighted by molar-refractivity contribution is 9.10. The van der Waals surface area contributed by atoms with Gasteiger partial charge in [0.2, 0.25) is 0 Å². The molecule has 1 saturated carbocycles. The van der Waals surface area contributed by atoms with Gasteiger partial charge in [-0.2, -0.15) is 0 Å². The summed E-state index contributed by atoms with van der Waals surface area (Å²) in [5.74, 6) is 0.661. The summed E-state index contributed by atoms with van der Waals surface area (Å²) in [5.41, 5.74) is 3.57. The quantitative estimate of drug-likeness (QED) is 0.640. The Morgan fingerprint density at radius 2 is 1.90 bits per heavy atom. The van der Waals surface area contributed by atoms with E-state index in [0.29, 0.717) is 5.92 Å².